The van der Waals surface area contributed by atoms with Gasteiger partial charge in [-0.1, -0.05) is 13.8 Å². The number of amides is 12. The molecule has 0 saturated heterocycles. The fraction of sp³-hybridized carbons (Fsp3) is 0.806. The van der Waals surface area contributed by atoms with Crippen LogP contribution in [0.5, 0.6) is 0 Å². The van der Waals surface area contributed by atoms with Crippen molar-refractivity contribution in [3.8, 4) is 0 Å². The Balaban J connectivity index is 5.69. The summed E-state index contributed by atoms with van der Waals surface area (Å²) >= 11 is 0. The molecule has 12 amide bonds. The molecule has 0 spiro atoms. The fourth-order valence-electron chi connectivity index (χ4n) is 11.0. The quantitative estimate of drug-likeness (QED) is 0.0252. The normalized spacial score (nSPS) is 11.9. The predicted octanol–water partition coefficient (Wildman–Crippen LogP) is -7.04. The van der Waals surface area contributed by atoms with Gasteiger partial charge >= 0.3 is 11.9 Å². The molecule has 0 aliphatic rings. The number of nitrogens with zero attached hydrogens (tertiary/aromatic N) is 6. The van der Waals surface area contributed by atoms with Gasteiger partial charge in [0.2, 0.25) is 70.9 Å². The Morgan fingerprint density at radius 2 is 0.491 bits per heavy atom. The minimum atomic E-state index is -1.22. The fourth-order valence-corrected chi connectivity index (χ4v) is 11.0. The van der Waals surface area contributed by atoms with Crippen LogP contribution < -0.4 is 98.2 Å². The number of nitrogens with one attached hydrogen (secondary N) is 12. The van der Waals surface area contributed by atoms with Gasteiger partial charge in [0.1, 0.15) is 0 Å². The molecule has 0 aliphatic heterocycles. The summed E-state index contributed by atoms with van der Waals surface area (Å²) in [4.78, 5) is 189. The van der Waals surface area contributed by atoms with Crippen molar-refractivity contribution in [3.05, 3.63) is 0 Å². The van der Waals surface area contributed by atoms with E-state index in [1.807, 2.05) is 37.5 Å². The number of aliphatic carboxylic acids is 2. The number of carbonyl (C=O) groups is 14. The Hall–Kier alpha value is -7.90. The molecule has 40 nitrogen and oxygen atoms in total. The van der Waals surface area contributed by atoms with E-state index in [0.717, 1.165) is 0 Å². The summed E-state index contributed by atoms with van der Waals surface area (Å²) < 4.78 is 0. The van der Waals surface area contributed by atoms with Crippen LogP contribution in [0.2, 0.25) is 0 Å². The molecule has 0 atom stereocenters. The molecule has 0 saturated carbocycles. The Morgan fingerprint density at radius 1 is 0.259 bits per heavy atom. The van der Waals surface area contributed by atoms with Crippen LogP contribution in [0.25, 0.3) is 0 Å². The lowest BCUT2D eigenvalue weighted by Crippen LogP contribution is -2.53. The Kier molecular flexibility index (Phi) is 55.6. The van der Waals surface area contributed by atoms with E-state index < -0.39 is 69.7 Å². The van der Waals surface area contributed by atoms with Crippen LogP contribution >= 0.6 is 0 Å². The lowest BCUT2D eigenvalue weighted by atomic mass is 9.89. The number of carboxylic acid groups (broad SMARTS) is 2. The third-order valence-electron chi connectivity index (χ3n) is 17.8. The monoisotopic (exact) mass is 1600 g/mol. The highest BCUT2D eigenvalue weighted by atomic mass is 16.4. The van der Waals surface area contributed by atoms with Gasteiger partial charge in [0.15, 0.2) is 0 Å². The zero-order valence-corrected chi connectivity index (χ0v) is 68.3. The van der Waals surface area contributed by atoms with Crippen LogP contribution in [-0.2, 0) is 67.1 Å². The van der Waals surface area contributed by atoms with Crippen LogP contribution in [0.3, 0.4) is 0 Å². The SMILES string of the molecule is CC(C)(CNC(=O)CCC(=O)NCCN(CCN)CCNC(=O)CCC(=O)NCCN(CCNC(=O)CCC(=O)NCCN(CCNC(=O)CCC(=O)NCC(C)(C)C(=O)O)CNC(=O)CCC(=O)NCN(CCN)CCC(C)(C)C(=O)O)CCNC(=O)CCC(=O)NC(C)(C)CN(CCN)CCN)CN(CCN)CCN. The van der Waals surface area contributed by atoms with Gasteiger partial charge in [-0.15, -0.1) is 0 Å². The number of nitrogens with two attached hydrogens (primary N) is 6. The van der Waals surface area contributed by atoms with Crippen LogP contribution in [-0.4, -0.2) is 344 Å². The van der Waals surface area contributed by atoms with Crippen molar-refractivity contribution < 1.29 is 77.3 Å². The molecular formula is C72H142N24O16. The van der Waals surface area contributed by atoms with Gasteiger partial charge in [-0.2, -0.15) is 0 Å². The Morgan fingerprint density at radius 3 is 0.795 bits per heavy atom. The van der Waals surface area contributed by atoms with Crippen LogP contribution in [0.15, 0.2) is 0 Å². The maximum absolute atomic E-state index is 13.1. The average Bonchev–Trinajstić information content (AvgIpc) is 0.949. The summed E-state index contributed by atoms with van der Waals surface area (Å²) in [6, 6.07) is 0. The molecule has 646 valence electrons. The van der Waals surface area contributed by atoms with E-state index in [0.29, 0.717) is 124 Å². The smallest absolute Gasteiger partial charge is 0.310 e. The standard InChI is InChI=1S/C72H142N24O16/c1-69(2,51-93(37-23-74)38-24-75)49-86-62(104)15-13-59(101)80-29-43-91(36-22-73)42-28-79-55(97)9-10-56(98)81-30-44-92(46-32-83-61(103)19-20-66(108)90-72(7,8)52-94(39-25-76)40-26-77)45-31-82-57(99)11-12-58(100)84-33-47-96(48-34-85-60(102)14-16-63(105)87-50-71(5,6)68(111)112)54-89-65(107)18-17-64(106)88-53-95(41-27-78)35-21-70(3,4)67(109)110/h9-54,73-78H2,1-8H3,(H,79,97)(H,80,101)(H,81,98)(H,82,99)(H,83,103)(H,84,100)(H,85,102)(H,86,104)(H,87,105)(H,88,106)(H,89,107)(H,90,108)(H,109,110)(H,111,112). The van der Waals surface area contributed by atoms with E-state index in [-0.39, 0.29) is 210 Å². The van der Waals surface area contributed by atoms with Gasteiger partial charge in [0.05, 0.1) is 24.2 Å². The first-order valence-electron chi connectivity index (χ1n) is 39.1. The maximum Gasteiger partial charge on any atom is 0.310 e. The third kappa shape index (κ3) is 55.5. The molecule has 26 N–H and O–H groups in total. The first kappa shape index (κ1) is 104. The molecule has 0 aromatic carbocycles. The molecule has 0 unspecified atom stereocenters. The Bertz CT molecular complexity index is 2830. The molecule has 40 heteroatoms. The molecule has 0 aromatic heterocycles. The van der Waals surface area contributed by atoms with E-state index in [9.17, 15) is 77.3 Å². The lowest BCUT2D eigenvalue weighted by Gasteiger charge is -2.33. The highest BCUT2D eigenvalue weighted by Gasteiger charge is 2.30. The van der Waals surface area contributed by atoms with Crippen molar-refractivity contribution in [2.24, 2.45) is 50.6 Å². The van der Waals surface area contributed by atoms with Crippen molar-refractivity contribution in [1.29, 1.82) is 0 Å². The molecule has 0 heterocycles. The Labute approximate surface area is 662 Å². The van der Waals surface area contributed by atoms with Gasteiger partial charge in [0.25, 0.3) is 0 Å². The molecule has 0 radical (unpaired) electrons. The minimum absolute atomic E-state index is 0.0128. The lowest BCUT2D eigenvalue weighted by molar-refractivity contribution is -0.148. The molecule has 0 fully saturated rings. The van der Waals surface area contributed by atoms with Crippen molar-refractivity contribution in [2.45, 2.75) is 144 Å². The van der Waals surface area contributed by atoms with E-state index >= 15 is 0 Å². The van der Waals surface area contributed by atoms with Crippen molar-refractivity contribution >= 4 is 82.8 Å². The van der Waals surface area contributed by atoms with Crippen LogP contribution in [0, 0.1) is 16.2 Å². The maximum atomic E-state index is 13.1. The molecule has 0 bridgehead atoms. The molecule has 0 rings (SSSR count). The van der Waals surface area contributed by atoms with Gasteiger partial charge in [0, 0.05) is 285 Å². The number of hydrogen-bond acceptors (Lipinski definition) is 26. The van der Waals surface area contributed by atoms with Gasteiger partial charge in [-0.05, 0) is 53.4 Å². The second kappa shape index (κ2) is 59.8. The molecule has 0 aromatic rings. The van der Waals surface area contributed by atoms with Gasteiger partial charge in [-0.3, -0.25) is 91.6 Å². The van der Waals surface area contributed by atoms with Crippen molar-refractivity contribution in [1.82, 2.24) is 93.2 Å². The number of hydrogen-bond donors (Lipinski definition) is 20. The second-order valence-electron chi connectivity index (χ2n) is 30.4. The molecular weight excluding hydrogens is 1460 g/mol. The first-order valence-corrected chi connectivity index (χ1v) is 39.1. The van der Waals surface area contributed by atoms with Gasteiger partial charge in [-0.25, -0.2) is 0 Å². The molecule has 112 heavy (non-hydrogen) atoms. The van der Waals surface area contributed by atoms with E-state index in [4.69, 9.17) is 34.4 Å². The summed E-state index contributed by atoms with van der Waals surface area (Å²) in [5.41, 5.74) is 31.5. The minimum Gasteiger partial charge on any atom is -0.481 e. The van der Waals surface area contributed by atoms with Crippen molar-refractivity contribution in [2.75, 3.05) is 216 Å². The van der Waals surface area contributed by atoms with E-state index in [1.54, 1.807) is 23.6 Å². The third-order valence-corrected chi connectivity index (χ3v) is 17.8. The highest BCUT2D eigenvalue weighted by Crippen LogP contribution is 2.21. The molecule has 0 aliphatic carbocycles. The van der Waals surface area contributed by atoms with Crippen LogP contribution in [0.4, 0.5) is 0 Å². The highest BCUT2D eigenvalue weighted by molar-refractivity contribution is 5.87. The van der Waals surface area contributed by atoms with E-state index in [2.05, 4.69) is 73.6 Å². The van der Waals surface area contributed by atoms with E-state index in [1.165, 1.54) is 13.8 Å². The topological polar surface area (TPSA) is 599 Å². The van der Waals surface area contributed by atoms with Crippen molar-refractivity contribution in [3.63, 3.8) is 0 Å². The number of carboxylic acids is 2. The zero-order chi connectivity index (χ0) is 84.6. The summed E-state index contributed by atoms with van der Waals surface area (Å²) in [5, 5.41) is 52.3. The second-order valence-corrected chi connectivity index (χ2v) is 30.4. The average molecular weight is 1600 g/mol. The zero-order valence-electron chi connectivity index (χ0n) is 68.3. The number of carbonyl (C=O) groups excluding carboxylic acids is 12. The summed E-state index contributed by atoms with van der Waals surface area (Å²) in [6.45, 7) is 24.7. The van der Waals surface area contributed by atoms with Gasteiger partial charge < -0.3 is 113 Å². The summed E-state index contributed by atoms with van der Waals surface area (Å²) in [5.74, 6) is -6.81. The largest absolute Gasteiger partial charge is 0.481 e. The number of rotatable bonds is 69. The predicted molar refractivity (Wildman–Crippen MR) is 425 cm³/mol. The summed E-state index contributed by atoms with van der Waals surface area (Å²) in [7, 11) is 0. The summed E-state index contributed by atoms with van der Waals surface area (Å²) in [6.07, 6.45) is -1.18. The van der Waals surface area contributed by atoms with Crippen LogP contribution in [0.1, 0.15) is 139 Å². The first-order chi connectivity index (χ1) is 52.8.